The van der Waals surface area contributed by atoms with Crippen LogP contribution in [0.25, 0.3) is 0 Å². The first kappa shape index (κ1) is 30.8. The van der Waals surface area contributed by atoms with Crippen LogP contribution in [0.2, 0.25) is 0 Å². The van der Waals surface area contributed by atoms with Gasteiger partial charge in [-0.3, -0.25) is 18.3 Å². The van der Waals surface area contributed by atoms with Crippen LogP contribution in [-0.4, -0.2) is 67.3 Å². The molecule has 0 fully saturated rings. The van der Waals surface area contributed by atoms with Crippen molar-refractivity contribution < 1.29 is 67.6 Å². The maximum absolute atomic E-state index is 13.0. The highest BCUT2D eigenvalue weighted by Crippen LogP contribution is 2.85. The Kier molecular flexibility index (Phi) is 8.58. The summed E-state index contributed by atoms with van der Waals surface area (Å²) in [6, 6.07) is 6.59. The average Bonchev–Trinajstić information content (AvgIpc) is 2.67. The summed E-state index contributed by atoms with van der Waals surface area (Å²) < 4.78 is 52.1. The molecule has 0 unspecified atom stereocenters. The Labute approximate surface area is 203 Å². The SMILES string of the molecule is NCCN(C(c1ccccc1O)(P(=O)(O)O)P(=O)(O)O)C(c1ccccc1O)(P(=O)(O)O)P(=O)(O)O. The normalized spacial score (nSPS) is 14.3. The minimum atomic E-state index is -6.56. The van der Waals surface area contributed by atoms with E-state index < -0.39 is 81.0 Å². The summed E-state index contributed by atoms with van der Waals surface area (Å²) >= 11 is 0. The van der Waals surface area contributed by atoms with Crippen LogP contribution in [-0.2, 0) is 28.3 Å². The highest BCUT2D eigenvalue weighted by Gasteiger charge is 2.78. The molecule has 20 heteroatoms. The molecule has 16 nitrogen and oxygen atoms in total. The molecule has 0 saturated heterocycles. The minimum absolute atomic E-state index is 0.493. The first-order valence-corrected chi connectivity index (χ1v) is 15.9. The van der Waals surface area contributed by atoms with Crippen molar-refractivity contribution in [2.75, 3.05) is 13.1 Å². The van der Waals surface area contributed by atoms with E-state index in [0.29, 0.717) is 24.3 Å². The maximum atomic E-state index is 13.0. The van der Waals surface area contributed by atoms with Crippen LogP contribution in [0.1, 0.15) is 11.1 Å². The Hall–Kier alpha value is -1.44. The quantitative estimate of drug-likeness (QED) is 0.162. The first-order valence-electron chi connectivity index (χ1n) is 9.50. The Morgan fingerprint density at radius 1 is 0.611 bits per heavy atom. The topological polar surface area (TPSA) is 300 Å². The molecule has 0 amide bonds. The van der Waals surface area contributed by atoms with Gasteiger partial charge in [-0.25, -0.2) is 4.90 Å². The summed E-state index contributed by atoms with van der Waals surface area (Å²) in [4.78, 5) is 82.8. The van der Waals surface area contributed by atoms with E-state index in [9.17, 15) is 67.6 Å². The van der Waals surface area contributed by atoms with Crippen LogP contribution >= 0.6 is 30.4 Å². The molecule has 0 bridgehead atoms. The van der Waals surface area contributed by atoms with E-state index in [1.54, 1.807) is 0 Å². The Morgan fingerprint density at radius 3 is 1.11 bits per heavy atom. The standard InChI is InChI=1S/C16H24N2O14P4/c17-9-10-18(15(33(21,22)23,34(24,25)26)11-5-1-3-7-13(11)19)16(35(27,28)29,36(30,31)32)12-6-2-4-8-14(12)20/h1-8,19-20H,9-10,17H2,(H2,21,22,23)(H2,24,25,26)(H2,27,28,29)(H2,30,31,32). The van der Waals surface area contributed by atoms with E-state index in [2.05, 4.69) is 0 Å². The van der Waals surface area contributed by atoms with Crippen molar-refractivity contribution in [3.05, 3.63) is 59.7 Å². The number of rotatable bonds is 10. The zero-order valence-corrected chi connectivity index (χ0v) is 21.5. The molecule has 12 N–H and O–H groups in total. The van der Waals surface area contributed by atoms with E-state index in [-0.39, 0.29) is 0 Å². The van der Waals surface area contributed by atoms with Crippen molar-refractivity contribution in [2.24, 2.45) is 5.73 Å². The molecule has 0 saturated carbocycles. The maximum Gasteiger partial charge on any atom is 0.362 e. The lowest BCUT2D eigenvalue weighted by Gasteiger charge is -2.52. The predicted molar refractivity (Wildman–Crippen MR) is 124 cm³/mol. The fraction of sp³-hybridized carbons (Fsp3) is 0.250. The lowest BCUT2D eigenvalue weighted by Crippen LogP contribution is -2.58. The molecule has 0 aliphatic rings. The van der Waals surface area contributed by atoms with E-state index in [1.165, 1.54) is 0 Å². The summed E-state index contributed by atoms with van der Waals surface area (Å²) in [7, 11) is -26.2. The number of phenols is 2. The number of aromatic hydroxyl groups is 2. The molecule has 2 aromatic rings. The van der Waals surface area contributed by atoms with Gasteiger partial charge in [0.25, 0.3) is 10.0 Å². The molecule has 36 heavy (non-hydrogen) atoms. The molecule has 0 spiro atoms. The number of phenolic OH excluding ortho intramolecular Hbond substituents is 2. The highest BCUT2D eigenvalue weighted by atomic mass is 31.2. The molecule has 0 radical (unpaired) electrons. The van der Waals surface area contributed by atoms with Crippen LogP contribution in [0.3, 0.4) is 0 Å². The van der Waals surface area contributed by atoms with Gasteiger partial charge in [0, 0.05) is 24.2 Å². The van der Waals surface area contributed by atoms with E-state index >= 15 is 0 Å². The zero-order valence-electron chi connectivity index (χ0n) is 18.0. The van der Waals surface area contributed by atoms with E-state index in [1.807, 2.05) is 0 Å². The van der Waals surface area contributed by atoms with Crippen LogP contribution in [0.5, 0.6) is 11.5 Å². The third kappa shape index (κ3) is 4.64. The monoisotopic (exact) mass is 592 g/mol. The lowest BCUT2D eigenvalue weighted by atomic mass is 10.1. The van der Waals surface area contributed by atoms with Crippen molar-refractivity contribution >= 4 is 30.4 Å². The fourth-order valence-electron chi connectivity index (χ4n) is 4.06. The smallest absolute Gasteiger partial charge is 0.362 e. The second-order valence-corrected chi connectivity index (χ2v) is 15.1. The largest absolute Gasteiger partial charge is 0.508 e. The molecule has 2 aromatic carbocycles. The Bertz CT molecular complexity index is 1170. The molecule has 2 rings (SSSR count). The van der Waals surface area contributed by atoms with Gasteiger partial charge in [0.15, 0.2) is 0 Å². The number of hydrogen-bond acceptors (Lipinski definition) is 8. The Balaban J connectivity index is 3.45. The summed E-state index contributed by atoms with van der Waals surface area (Å²) in [5.74, 6) is -2.43. The molecular formula is C16H24N2O14P4. The van der Waals surface area contributed by atoms with E-state index in [4.69, 9.17) is 5.73 Å². The minimum Gasteiger partial charge on any atom is -0.508 e. The van der Waals surface area contributed by atoms with Crippen LogP contribution in [0.4, 0.5) is 0 Å². The van der Waals surface area contributed by atoms with Crippen molar-refractivity contribution in [3.8, 4) is 11.5 Å². The average molecular weight is 592 g/mol. The summed E-state index contributed by atoms with van der Waals surface area (Å²) in [5.41, 5.74) is 2.79. The van der Waals surface area contributed by atoms with Crippen molar-refractivity contribution in [3.63, 3.8) is 0 Å². The van der Waals surface area contributed by atoms with Gasteiger partial charge in [-0.15, -0.1) is 0 Å². The van der Waals surface area contributed by atoms with Crippen molar-refractivity contribution in [2.45, 2.75) is 10.0 Å². The summed E-state index contributed by atoms with van der Waals surface area (Å²) in [6.07, 6.45) is 0. The number of benzene rings is 2. The number of nitrogens with zero attached hydrogens (tertiary/aromatic N) is 1. The Morgan fingerprint density at radius 2 is 0.889 bits per heavy atom. The predicted octanol–water partition coefficient (Wildman–Crippen LogP) is -0.00990. The van der Waals surface area contributed by atoms with Crippen molar-refractivity contribution in [1.82, 2.24) is 4.90 Å². The highest BCUT2D eigenvalue weighted by molar-refractivity contribution is 7.73. The second-order valence-electron chi connectivity index (χ2n) is 7.42. The van der Waals surface area contributed by atoms with Gasteiger partial charge in [-0.2, -0.15) is 0 Å². The molecule has 0 heterocycles. The van der Waals surface area contributed by atoms with Gasteiger partial charge in [-0.1, -0.05) is 36.4 Å². The number of hydrogen-bond donors (Lipinski definition) is 11. The molecule has 0 aliphatic carbocycles. The van der Waals surface area contributed by atoms with Crippen molar-refractivity contribution in [1.29, 1.82) is 0 Å². The number of nitrogens with two attached hydrogens (primary N) is 1. The molecule has 0 aliphatic heterocycles. The first-order chi connectivity index (χ1) is 16.2. The fourth-order valence-corrected chi connectivity index (χ4v) is 11.4. The summed E-state index contributed by atoms with van der Waals surface area (Å²) in [5, 5.41) is 12.1. The molecular weight excluding hydrogens is 568 g/mol. The molecule has 202 valence electrons. The zero-order chi connectivity index (χ0) is 28.0. The molecule has 0 aromatic heterocycles. The summed E-state index contributed by atoms with van der Waals surface area (Å²) in [6.45, 7) is -2.33. The van der Waals surface area contributed by atoms with Crippen LogP contribution in [0, 0.1) is 0 Å². The van der Waals surface area contributed by atoms with Crippen LogP contribution in [0.15, 0.2) is 48.5 Å². The second kappa shape index (κ2) is 10.0. The van der Waals surface area contributed by atoms with Gasteiger partial charge in [0.2, 0.25) is 0 Å². The van der Waals surface area contributed by atoms with Gasteiger partial charge in [0.05, 0.1) is 0 Å². The van der Waals surface area contributed by atoms with Gasteiger partial charge < -0.3 is 55.1 Å². The number of para-hydroxylation sites is 2. The molecule has 0 atom stereocenters. The van der Waals surface area contributed by atoms with Gasteiger partial charge >= 0.3 is 30.4 Å². The lowest BCUT2D eigenvalue weighted by molar-refractivity contribution is 0.0890. The van der Waals surface area contributed by atoms with Crippen LogP contribution < -0.4 is 5.73 Å². The van der Waals surface area contributed by atoms with E-state index in [0.717, 1.165) is 24.3 Å². The van der Waals surface area contributed by atoms with Gasteiger partial charge in [-0.05, 0) is 12.1 Å². The third-order valence-corrected chi connectivity index (χ3v) is 13.6. The van der Waals surface area contributed by atoms with Gasteiger partial charge in [0.1, 0.15) is 11.5 Å². The third-order valence-electron chi connectivity index (χ3n) is 5.26.